The average Bonchev–Trinajstić information content (AvgIpc) is 3.61. The third-order valence-electron chi connectivity index (χ3n) is 7.41. The summed E-state index contributed by atoms with van der Waals surface area (Å²) in [6, 6.07) is 13.7. The Labute approximate surface area is 222 Å². The molecule has 0 bridgehead atoms. The highest BCUT2D eigenvalue weighted by Crippen LogP contribution is 2.64. The normalized spacial score (nSPS) is 32.9. The van der Waals surface area contributed by atoms with Crippen LogP contribution >= 0.6 is 8.53 Å². The molecule has 2 aromatic rings. The summed E-state index contributed by atoms with van der Waals surface area (Å²) < 4.78 is 35.0. The summed E-state index contributed by atoms with van der Waals surface area (Å²) in [6.45, 7) is 5.09. The van der Waals surface area contributed by atoms with Crippen molar-refractivity contribution >= 4 is 8.53 Å². The number of nitriles is 1. The van der Waals surface area contributed by atoms with Gasteiger partial charge in [0.25, 0.3) is 14.1 Å². The van der Waals surface area contributed by atoms with Crippen LogP contribution in [-0.4, -0.2) is 58.5 Å². The van der Waals surface area contributed by atoms with Crippen molar-refractivity contribution in [2.45, 2.75) is 75.7 Å². The van der Waals surface area contributed by atoms with E-state index in [4.69, 9.17) is 28.5 Å². The fourth-order valence-corrected chi connectivity index (χ4v) is 7.63. The van der Waals surface area contributed by atoms with E-state index >= 15 is 0 Å². The van der Waals surface area contributed by atoms with Gasteiger partial charge in [-0.05, 0) is 31.7 Å². The molecule has 1 aromatic carbocycles. The Bertz CT molecular complexity index is 1250. The summed E-state index contributed by atoms with van der Waals surface area (Å²) >= 11 is 0. The van der Waals surface area contributed by atoms with Gasteiger partial charge in [0.2, 0.25) is 0 Å². The second-order valence-corrected chi connectivity index (χ2v) is 11.1. The average molecular weight is 545 g/mol. The zero-order valence-corrected chi connectivity index (χ0v) is 22.4. The summed E-state index contributed by atoms with van der Waals surface area (Å²) in [5.41, 5.74) is -0.506. The molecule has 0 aliphatic carbocycles. The van der Waals surface area contributed by atoms with E-state index in [0.717, 1.165) is 24.9 Å². The van der Waals surface area contributed by atoms with Crippen LogP contribution in [0.1, 0.15) is 51.3 Å². The molecule has 1 N–H and O–H groups in total. The Morgan fingerprint density at radius 3 is 2.79 bits per heavy atom. The van der Waals surface area contributed by atoms with Crippen molar-refractivity contribution in [1.82, 2.24) is 14.2 Å². The minimum atomic E-state index is -1.45. The topological polar surface area (TPSA) is 128 Å². The molecule has 0 saturated carbocycles. The van der Waals surface area contributed by atoms with E-state index in [1.807, 2.05) is 31.2 Å². The number of fused-ring (bicyclic) bond motifs is 1. The summed E-state index contributed by atoms with van der Waals surface area (Å²) in [4.78, 5) is 26.6. The van der Waals surface area contributed by atoms with Crippen LogP contribution in [0.3, 0.4) is 0 Å². The summed E-state index contributed by atoms with van der Waals surface area (Å²) in [5.74, 6) is 0. The molecule has 1 unspecified atom stereocenters. The van der Waals surface area contributed by atoms with Crippen molar-refractivity contribution in [3.05, 3.63) is 69.0 Å². The molecule has 0 radical (unpaired) electrons. The Hall–Kier alpha value is -2.42. The maximum atomic E-state index is 12.7. The second kappa shape index (κ2) is 11.8. The molecule has 12 heteroatoms. The van der Waals surface area contributed by atoms with Crippen molar-refractivity contribution in [3.8, 4) is 6.07 Å². The first kappa shape index (κ1) is 27.2. The van der Waals surface area contributed by atoms with Crippen LogP contribution in [0.2, 0.25) is 0 Å². The van der Waals surface area contributed by atoms with Gasteiger partial charge in [-0.2, -0.15) is 5.26 Å². The molecule has 0 spiro atoms. The number of nitrogens with one attached hydrogen (secondary N) is 1. The van der Waals surface area contributed by atoms with Crippen LogP contribution in [-0.2, 0) is 28.9 Å². The number of benzene rings is 1. The van der Waals surface area contributed by atoms with Crippen LogP contribution in [0.4, 0.5) is 0 Å². The molecule has 204 valence electrons. The number of nitrogens with zero attached hydrogens (tertiary/aromatic N) is 3. The maximum absolute atomic E-state index is 12.7. The van der Waals surface area contributed by atoms with Crippen LogP contribution in [0.25, 0.3) is 0 Å². The summed E-state index contributed by atoms with van der Waals surface area (Å²) in [7, 11) is -1.45. The standard InChI is InChI=1S/C26H33N4O7P/c1-3-19-22(36-38-30-14-7-11-20(30)26(2,37-38)18-9-5-4-6-10-18)23(34-17-33-16-8-13-27)24(35-19)29-15-12-21(31)28-25(29)32/h4-6,9-10,12,15,19-20,22-24H,3,7-8,11,14,16-17H2,1-2H3,(H,28,31,32)/t19-,20-,22+,23?,24-,26+,38-/m1/s1. The van der Waals surface area contributed by atoms with E-state index in [1.165, 1.54) is 16.8 Å². The largest absolute Gasteiger partial charge is 0.354 e. The van der Waals surface area contributed by atoms with E-state index in [1.54, 1.807) is 0 Å². The van der Waals surface area contributed by atoms with Gasteiger partial charge in [-0.3, -0.25) is 14.3 Å². The molecule has 3 fully saturated rings. The maximum Gasteiger partial charge on any atom is 0.330 e. The summed E-state index contributed by atoms with van der Waals surface area (Å²) in [5, 5.41) is 8.79. The predicted molar refractivity (Wildman–Crippen MR) is 138 cm³/mol. The third kappa shape index (κ3) is 5.23. The second-order valence-electron chi connectivity index (χ2n) is 9.75. The number of H-pyrrole nitrogens is 1. The lowest BCUT2D eigenvalue weighted by Crippen LogP contribution is -2.40. The highest BCUT2D eigenvalue weighted by atomic mass is 31.2. The van der Waals surface area contributed by atoms with Crippen molar-refractivity contribution < 1.29 is 23.3 Å². The van der Waals surface area contributed by atoms with Crippen molar-refractivity contribution in [2.75, 3.05) is 19.9 Å². The molecule has 0 amide bonds. The SMILES string of the molecule is CC[C@H]1O[C@@H](n2ccc(=O)[nH]c2=O)C(OCOCCC#N)[C@H]1O[P@]1O[C@@](C)(c2ccccc2)[C@H]2CCCN21. The lowest BCUT2D eigenvalue weighted by molar-refractivity contribution is -0.137. The highest BCUT2D eigenvalue weighted by Gasteiger charge is 2.57. The molecule has 7 atom stereocenters. The molecular weight excluding hydrogens is 511 g/mol. The first-order valence-corrected chi connectivity index (χ1v) is 14.1. The van der Waals surface area contributed by atoms with E-state index in [9.17, 15) is 9.59 Å². The van der Waals surface area contributed by atoms with Gasteiger partial charge in [0.1, 0.15) is 24.6 Å². The van der Waals surface area contributed by atoms with Crippen LogP contribution in [0.15, 0.2) is 52.2 Å². The molecule has 5 rings (SSSR count). The predicted octanol–water partition coefficient (Wildman–Crippen LogP) is 3.14. The summed E-state index contributed by atoms with van der Waals surface area (Å²) in [6.07, 6.45) is 1.78. The molecule has 11 nitrogen and oxygen atoms in total. The van der Waals surface area contributed by atoms with Crippen molar-refractivity contribution in [3.63, 3.8) is 0 Å². The van der Waals surface area contributed by atoms with E-state index < -0.39 is 49.9 Å². The molecule has 3 aliphatic heterocycles. The third-order valence-corrected chi connectivity index (χ3v) is 9.27. The lowest BCUT2D eigenvalue weighted by Gasteiger charge is -2.29. The van der Waals surface area contributed by atoms with Gasteiger partial charge < -0.3 is 23.3 Å². The van der Waals surface area contributed by atoms with Crippen LogP contribution in [0.5, 0.6) is 0 Å². The Morgan fingerprint density at radius 2 is 2.05 bits per heavy atom. The Morgan fingerprint density at radius 1 is 1.24 bits per heavy atom. The van der Waals surface area contributed by atoms with E-state index in [-0.39, 0.29) is 25.9 Å². The molecule has 38 heavy (non-hydrogen) atoms. The number of aromatic amines is 1. The van der Waals surface area contributed by atoms with Gasteiger partial charge in [0.15, 0.2) is 6.23 Å². The smallest absolute Gasteiger partial charge is 0.330 e. The fraction of sp³-hybridized carbons (Fsp3) is 0.577. The molecule has 4 heterocycles. The highest BCUT2D eigenvalue weighted by molar-refractivity contribution is 7.45. The Balaban J connectivity index is 1.42. The number of hydrogen-bond acceptors (Lipinski definition) is 9. The number of ether oxygens (including phenoxy) is 3. The van der Waals surface area contributed by atoms with Gasteiger partial charge in [0.05, 0.1) is 31.2 Å². The number of aromatic nitrogens is 2. The van der Waals surface area contributed by atoms with Gasteiger partial charge in [-0.15, -0.1) is 0 Å². The molecule has 3 aliphatic rings. The van der Waals surface area contributed by atoms with Crippen LogP contribution < -0.4 is 11.2 Å². The van der Waals surface area contributed by atoms with Crippen molar-refractivity contribution in [2.24, 2.45) is 0 Å². The van der Waals surface area contributed by atoms with Crippen molar-refractivity contribution in [1.29, 1.82) is 5.26 Å². The fourth-order valence-electron chi connectivity index (χ4n) is 5.48. The van der Waals surface area contributed by atoms with E-state index in [0.29, 0.717) is 6.42 Å². The first-order chi connectivity index (χ1) is 18.5. The zero-order chi connectivity index (χ0) is 26.7. The minimum Gasteiger partial charge on any atom is -0.354 e. The van der Waals surface area contributed by atoms with Gasteiger partial charge >= 0.3 is 5.69 Å². The quantitative estimate of drug-likeness (QED) is 0.273. The van der Waals surface area contributed by atoms with Gasteiger partial charge in [0, 0.05) is 18.8 Å². The zero-order valence-electron chi connectivity index (χ0n) is 21.5. The minimum absolute atomic E-state index is 0.104. The van der Waals surface area contributed by atoms with Gasteiger partial charge in [-0.25, -0.2) is 9.46 Å². The molecule has 3 saturated heterocycles. The first-order valence-electron chi connectivity index (χ1n) is 13.0. The van der Waals surface area contributed by atoms with Crippen LogP contribution in [0, 0.1) is 11.3 Å². The number of hydrogen-bond donors (Lipinski definition) is 1. The van der Waals surface area contributed by atoms with Gasteiger partial charge in [-0.1, -0.05) is 37.3 Å². The lowest BCUT2D eigenvalue weighted by atomic mass is 9.87. The number of rotatable bonds is 10. The molecular formula is C26H33N4O7P. The van der Waals surface area contributed by atoms with E-state index in [2.05, 4.69) is 28.7 Å². The molecule has 1 aromatic heterocycles. The monoisotopic (exact) mass is 544 g/mol. The Kier molecular flexibility index (Phi) is 8.41.